The van der Waals surface area contributed by atoms with Crippen LogP contribution in [0.5, 0.6) is 23.0 Å². The largest absolute Gasteiger partial charge is 0.508 e. The standard InChI is InChI=1S/C21H24O10/c22-7-14-17(27)18(28)19(29)21(31-14)15-11(24)6-13-10(16(15)26)5-12(25)20(30-13)8-2-1-3-9(23)4-8/h1-4,6,12,14,17-29H,5,7H2. The minimum Gasteiger partial charge on any atom is -0.508 e. The third-order valence-electron chi connectivity index (χ3n) is 5.77. The summed E-state index contributed by atoms with van der Waals surface area (Å²) in [5, 5.41) is 81.4. The molecule has 31 heavy (non-hydrogen) atoms. The molecule has 8 N–H and O–H groups in total. The average molecular weight is 436 g/mol. The van der Waals surface area contributed by atoms with E-state index < -0.39 is 60.8 Å². The van der Waals surface area contributed by atoms with Crippen molar-refractivity contribution in [3.8, 4) is 23.0 Å². The molecular formula is C21H24O10. The van der Waals surface area contributed by atoms with Crippen molar-refractivity contribution in [1.82, 2.24) is 0 Å². The van der Waals surface area contributed by atoms with Gasteiger partial charge in [0.15, 0.2) is 0 Å². The van der Waals surface area contributed by atoms with E-state index in [1.807, 2.05) is 0 Å². The van der Waals surface area contributed by atoms with Gasteiger partial charge in [-0.2, -0.15) is 0 Å². The molecule has 0 saturated carbocycles. The van der Waals surface area contributed by atoms with Crippen LogP contribution < -0.4 is 4.74 Å². The summed E-state index contributed by atoms with van der Waals surface area (Å²) < 4.78 is 11.2. The second kappa shape index (κ2) is 8.15. The topological polar surface area (TPSA) is 180 Å². The summed E-state index contributed by atoms with van der Waals surface area (Å²) >= 11 is 0. The molecule has 10 nitrogen and oxygen atoms in total. The first-order chi connectivity index (χ1) is 14.7. The SMILES string of the molecule is OCC1OC(c2c(O)cc3c(c2O)CC(O)C(c2cccc(O)c2)O3)C(O)C(O)C1O. The maximum Gasteiger partial charge on any atom is 0.150 e. The molecule has 0 aliphatic carbocycles. The molecule has 2 aliphatic rings. The Kier molecular flexibility index (Phi) is 5.69. The highest BCUT2D eigenvalue weighted by atomic mass is 16.5. The van der Waals surface area contributed by atoms with Gasteiger partial charge >= 0.3 is 0 Å². The summed E-state index contributed by atoms with van der Waals surface area (Å²) in [5.74, 6) is -0.941. The van der Waals surface area contributed by atoms with Gasteiger partial charge in [0, 0.05) is 18.1 Å². The fourth-order valence-corrected chi connectivity index (χ4v) is 4.14. The molecule has 0 amide bonds. The molecule has 0 spiro atoms. The van der Waals surface area contributed by atoms with Crippen molar-refractivity contribution in [2.75, 3.05) is 6.61 Å². The maximum absolute atomic E-state index is 10.8. The molecule has 0 aromatic heterocycles. The van der Waals surface area contributed by atoms with Crippen LogP contribution in [0.15, 0.2) is 30.3 Å². The Balaban J connectivity index is 1.71. The zero-order valence-electron chi connectivity index (χ0n) is 16.2. The van der Waals surface area contributed by atoms with E-state index >= 15 is 0 Å². The molecule has 4 rings (SSSR count). The molecule has 7 unspecified atom stereocenters. The van der Waals surface area contributed by atoms with Crippen molar-refractivity contribution in [3.63, 3.8) is 0 Å². The lowest BCUT2D eigenvalue weighted by molar-refractivity contribution is -0.232. The number of hydrogen-bond acceptors (Lipinski definition) is 10. The highest BCUT2D eigenvalue weighted by Crippen LogP contribution is 2.49. The Bertz CT molecular complexity index is 961. The second-order valence-electron chi connectivity index (χ2n) is 7.79. The highest BCUT2D eigenvalue weighted by Gasteiger charge is 2.46. The van der Waals surface area contributed by atoms with Gasteiger partial charge < -0.3 is 50.3 Å². The van der Waals surface area contributed by atoms with Gasteiger partial charge in [-0.15, -0.1) is 0 Å². The van der Waals surface area contributed by atoms with E-state index in [-0.39, 0.29) is 29.0 Å². The minimum atomic E-state index is -1.71. The van der Waals surface area contributed by atoms with E-state index in [0.717, 1.165) is 0 Å². The van der Waals surface area contributed by atoms with Crippen LogP contribution in [0.1, 0.15) is 28.9 Å². The van der Waals surface area contributed by atoms with E-state index in [1.54, 1.807) is 12.1 Å². The Hall–Kier alpha value is -2.60. The van der Waals surface area contributed by atoms with E-state index in [1.165, 1.54) is 18.2 Å². The number of phenolic OH excluding ortho intramolecular Hbond substituents is 3. The predicted molar refractivity (Wildman–Crippen MR) is 104 cm³/mol. The lowest BCUT2D eigenvalue weighted by atomic mass is 9.87. The molecule has 2 heterocycles. The van der Waals surface area contributed by atoms with Gasteiger partial charge in [0.2, 0.25) is 0 Å². The Morgan fingerprint density at radius 2 is 1.65 bits per heavy atom. The number of aliphatic hydroxyl groups excluding tert-OH is 5. The first kappa shape index (κ1) is 21.6. The number of benzene rings is 2. The zero-order chi connectivity index (χ0) is 22.4. The van der Waals surface area contributed by atoms with Gasteiger partial charge in [-0.05, 0) is 17.7 Å². The van der Waals surface area contributed by atoms with Crippen LogP contribution in [0.4, 0.5) is 0 Å². The molecule has 0 radical (unpaired) electrons. The van der Waals surface area contributed by atoms with Crippen LogP contribution >= 0.6 is 0 Å². The first-order valence-electron chi connectivity index (χ1n) is 9.74. The van der Waals surface area contributed by atoms with Gasteiger partial charge in [-0.1, -0.05) is 12.1 Å². The van der Waals surface area contributed by atoms with Crippen molar-refractivity contribution < 1.29 is 50.3 Å². The van der Waals surface area contributed by atoms with Gasteiger partial charge in [0.1, 0.15) is 59.6 Å². The van der Waals surface area contributed by atoms with Crippen molar-refractivity contribution in [2.24, 2.45) is 0 Å². The van der Waals surface area contributed by atoms with E-state index in [4.69, 9.17) is 9.47 Å². The van der Waals surface area contributed by atoms with Crippen molar-refractivity contribution in [2.45, 2.75) is 49.1 Å². The lowest BCUT2D eigenvalue weighted by Crippen LogP contribution is -2.55. The Labute approximate surface area is 176 Å². The number of ether oxygens (including phenoxy) is 2. The Morgan fingerprint density at radius 3 is 2.32 bits per heavy atom. The van der Waals surface area contributed by atoms with Gasteiger partial charge in [0.25, 0.3) is 0 Å². The fraction of sp³-hybridized carbons (Fsp3) is 0.429. The summed E-state index contributed by atoms with van der Waals surface area (Å²) in [6.45, 7) is -0.665. The summed E-state index contributed by atoms with van der Waals surface area (Å²) in [4.78, 5) is 0. The smallest absolute Gasteiger partial charge is 0.150 e. The van der Waals surface area contributed by atoms with Gasteiger partial charge in [0.05, 0.1) is 18.3 Å². The molecule has 168 valence electrons. The normalized spacial score (nSPS) is 32.9. The molecule has 2 aliphatic heterocycles. The third-order valence-corrected chi connectivity index (χ3v) is 5.77. The van der Waals surface area contributed by atoms with Crippen LogP contribution in [0.25, 0.3) is 0 Å². The predicted octanol–water partition coefficient (Wildman–Crippen LogP) is -0.645. The van der Waals surface area contributed by atoms with Crippen molar-refractivity contribution >= 4 is 0 Å². The molecule has 10 heteroatoms. The quantitative estimate of drug-likeness (QED) is 0.308. The van der Waals surface area contributed by atoms with Crippen molar-refractivity contribution in [3.05, 3.63) is 47.0 Å². The molecular weight excluding hydrogens is 412 g/mol. The molecule has 7 atom stereocenters. The van der Waals surface area contributed by atoms with Gasteiger partial charge in [-0.3, -0.25) is 0 Å². The first-order valence-corrected chi connectivity index (χ1v) is 9.74. The number of rotatable bonds is 3. The summed E-state index contributed by atoms with van der Waals surface area (Å²) in [6.07, 6.45) is -9.72. The summed E-state index contributed by atoms with van der Waals surface area (Å²) in [6, 6.07) is 7.33. The van der Waals surface area contributed by atoms with Crippen LogP contribution in [0, 0.1) is 0 Å². The second-order valence-corrected chi connectivity index (χ2v) is 7.79. The van der Waals surface area contributed by atoms with Crippen LogP contribution in [-0.2, 0) is 11.2 Å². The van der Waals surface area contributed by atoms with E-state index in [9.17, 15) is 40.9 Å². The summed E-state index contributed by atoms with van der Waals surface area (Å²) in [5.41, 5.74) is 0.381. The highest BCUT2D eigenvalue weighted by molar-refractivity contribution is 5.58. The number of fused-ring (bicyclic) bond motifs is 1. The number of hydrogen-bond donors (Lipinski definition) is 8. The molecule has 1 fully saturated rings. The Morgan fingerprint density at radius 1 is 0.903 bits per heavy atom. The van der Waals surface area contributed by atoms with E-state index in [2.05, 4.69) is 0 Å². The number of aliphatic hydroxyl groups is 5. The molecule has 0 bridgehead atoms. The van der Waals surface area contributed by atoms with Crippen LogP contribution in [0.3, 0.4) is 0 Å². The minimum absolute atomic E-state index is 0.0113. The molecule has 2 aromatic carbocycles. The van der Waals surface area contributed by atoms with Crippen LogP contribution in [-0.4, -0.2) is 78.0 Å². The molecule has 1 saturated heterocycles. The summed E-state index contributed by atoms with van der Waals surface area (Å²) in [7, 11) is 0. The van der Waals surface area contributed by atoms with E-state index in [0.29, 0.717) is 5.56 Å². The zero-order valence-corrected chi connectivity index (χ0v) is 16.2. The van der Waals surface area contributed by atoms with Gasteiger partial charge in [-0.25, -0.2) is 0 Å². The number of aromatic hydroxyl groups is 3. The third kappa shape index (κ3) is 3.67. The lowest BCUT2D eigenvalue weighted by Gasteiger charge is -2.41. The fourth-order valence-electron chi connectivity index (χ4n) is 4.14. The average Bonchev–Trinajstić information content (AvgIpc) is 2.74. The maximum atomic E-state index is 10.8. The van der Waals surface area contributed by atoms with Crippen molar-refractivity contribution in [1.29, 1.82) is 0 Å². The monoisotopic (exact) mass is 436 g/mol. The molecule has 2 aromatic rings. The number of phenols is 3. The van der Waals surface area contributed by atoms with Crippen LogP contribution in [0.2, 0.25) is 0 Å².